The fraction of sp³-hybridized carbons (Fsp3) is 0. The summed E-state index contributed by atoms with van der Waals surface area (Å²) < 4.78 is 5.81. The first-order valence-corrected chi connectivity index (χ1v) is 11.1. The lowest BCUT2D eigenvalue weighted by Crippen LogP contribution is -2.10. The van der Waals surface area contributed by atoms with E-state index in [2.05, 4.69) is 39.4 Å². The van der Waals surface area contributed by atoms with Crippen LogP contribution in [0.15, 0.2) is 100 Å². The third-order valence-corrected chi connectivity index (χ3v) is 5.75. The lowest BCUT2D eigenvalue weighted by molar-refractivity contribution is 0.0995. The van der Waals surface area contributed by atoms with Crippen molar-refractivity contribution < 1.29 is 9.21 Å². The second kappa shape index (κ2) is 8.61. The quantitative estimate of drug-likeness (QED) is 0.272. The second-order valence-electron chi connectivity index (χ2n) is 7.22. The summed E-state index contributed by atoms with van der Waals surface area (Å²) >= 11 is 9.45. The molecule has 5 rings (SSSR count). The highest BCUT2D eigenvalue weighted by molar-refractivity contribution is 9.10. The lowest BCUT2D eigenvalue weighted by Gasteiger charge is -2.11. The summed E-state index contributed by atoms with van der Waals surface area (Å²) in [5, 5.41) is 4.52. The predicted octanol–water partition coefficient (Wildman–Crippen LogP) is 7.83. The van der Waals surface area contributed by atoms with Crippen molar-refractivity contribution in [2.24, 2.45) is 0 Å². The molecule has 4 nitrogen and oxygen atoms in total. The van der Waals surface area contributed by atoms with E-state index in [1.54, 1.807) is 12.1 Å². The van der Waals surface area contributed by atoms with Crippen LogP contribution in [0, 0.1) is 0 Å². The summed E-state index contributed by atoms with van der Waals surface area (Å²) in [4.78, 5) is 17.2. The van der Waals surface area contributed by atoms with Crippen molar-refractivity contribution in [1.82, 2.24) is 4.98 Å². The van der Waals surface area contributed by atoms with E-state index in [9.17, 15) is 4.79 Å². The van der Waals surface area contributed by atoms with Gasteiger partial charge in [-0.1, -0.05) is 60.1 Å². The van der Waals surface area contributed by atoms with E-state index in [-0.39, 0.29) is 11.7 Å². The monoisotopic (exact) mass is 502 g/mol. The van der Waals surface area contributed by atoms with E-state index in [4.69, 9.17) is 21.0 Å². The summed E-state index contributed by atoms with van der Waals surface area (Å²) in [5.41, 5.74) is 5.45. The van der Waals surface area contributed by atoms with Crippen LogP contribution in [0.5, 0.6) is 0 Å². The molecule has 6 heteroatoms. The summed E-state index contributed by atoms with van der Waals surface area (Å²) in [6, 6.07) is 28.9. The van der Waals surface area contributed by atoms with Gasteiger partial charge < -0.3 is 9.73 Å². The Morgan fingerprint density at radius 1 is 0.875 bits per heavy atom. The molecule has 0 fully saturated rings. The maximum absolute atomic E-state index is 12.3. The highest BCUT2D eigenvalue weighted by atomic mass is 79.9. The molecule has 32 heavy (non-hydrogen) atoms. The number of fused-ring (bicyclic) bond motifs is 1. The molecule has 156 valence electrons. The van der Waals surface area contributed by atoms with Gasteiger partial charge in [-0.25, -0.2) is 4.98 Å². The smallest absolute Gasteiger partial charge is 0.291 e. The van der Waals surface area contributed by atoms with E-state index in [1.165, 1.54) is 0 Å². The van der Waals surface area contributed by atoms with Gasteiger partial charge in [0.1, 0.15) is 0 Å². The van der Waals surface area contributed by atoms with Gasteiger partial charge in [-0.15, -0.1) is 0 Å². The normalized spacial score (nSPS) is 10.9. The molecule has 0 atom stereocenters. The SMILES string of the molecule is O=C(Nc1ccc(-c2cc(-c3ccccc3)c3ccc(Cl)cc3n2)cc1)c1ccc(Br)o1. The zero-order valence-electron chi connectivity index (χ0n) is 16.7. The summed E-state index contributed by atoms with van der Waals surface area (Å²) in [6.45, 7) is 0. The minimum absolute atomic E-state index is 0.238. The number of amides is 1. The third kappa shape index (κ3) is 4.17. The van der Waals surface area contributed by atoms with Crippen LogP contribution in [-0.2, 0) is 0 Å². The fourth-order valence-electron chi connectivity index (χ4n) is 3.56. The van der Waals surface area contributed by atoms with Crippen LogP contribution in [-0.4, -0.2) is 10.9 Å². The molecule has 3 aromatic carbocycles. The van der Waals surface area contributed by atoms with Gasteiger partial charge in [0.15, 0.2) is 10.4 Å². The number of hydrogen-bond acceptors (Lipinski definition) is 3. The van der Waals surface area contributed by atoms with Crippen molar-refractivity contribution in [2.45, 2.75) is 0 Å². The van der Waals surface area contributed by atoms with E-state index in [0.29, 0.717) is 15.4 Å². The fourth-order valence-corrected chi connectivity index (χ4v) is 4.03. The molecule has 1 N–H and O–H groups in total. The van der Waals surface area contributed by atoms with E-state index in [1.807, 2.05) is 60.7 Å². The highest BCUT2D eigenvalue weighted by Crippen LogP contribution is 2.33. The first kappa shape index (κ1) is 20.5. The Balaban J connectivity index is 1.51. The van der Waals surface area contributed by atoms with Gasteiger partial charge >= 0.3 is 0 Å². The molecule has 0 saturated carbocycles. The molecule has 0 spiro atoms. The molecular weight excluding hydrogens is 488 g/mol. The Morgan fingerprint density at radius 3 is 2.38 bits per heavy atom. The van der Waals surface area contributed by atoms with Gasteiger partial charge in [0.2, 0.25) is 0 Å². The maximum Gasteiger partial charge on any atom is 0.291 e. The molecule has 0 unspecified atom stereocenters. The molecule has 0 radical (unpaired) electrons. The minimum Gasteiger partial charge on any atom is -0.444 e. The molecule has 0 aliphatic carbocycles. The molecule has 2 aromatic heterocycles. The Labute approximate surface area is 198 Å². The molecule has 0 aliphatic heterocycles. The zero-order chi connectivity index (χ0) is 22.1. The number of halogens is 2. The Bertz CT molecular complexity index is 1430. The topological polar surface area (TPSA) is 55.1 Å². The highest BCUT2D eigenvalue weighted by Gasteiger charge is 2.12. The van der Waals surface area contributed by atoms with Gasteiger partial charge in [0.25, 0.3) is 5.91 Å². The number of furan rings is 1. The molecule has 5 aromatic rings. The number of anilines is 1. The van der Waals surface area contributed by atoms with Crippen molar-refractivity contribution >= 4 is 50.0 Å². The predicted molar refractivity (Wildman–Crippen MR) is 132 cm³/mol. The van der Waals surface area contributed by atoms with Crippen LogP contribution in [0.3, 0.4) is 0 Å². The second-order valence-corrected chi connectivity index (χ2v) is 8.44. The number of nitrogens with one attached hydrogen (secondary N) is 1. The largest absolute Gasteiger partial charge is 0.444 e. The van der Waals surface area contributed by atoms with Crippen LogP contribution in [0.4, 0.5) is 5.69 Å². The Morgan fingerprint density at radius 2 is 1.66 bits per heavy atom. The third-order valence-electron chi connectivity index (χ3n) is 5.09. The number of carbonyl (C=O) groups is 1. The van der Waals surface area contributed by atoms with E-state index in [0.717, 1.165) is 33.3 Å². The first-order valence-electron chi connectivity index (χ1n) is 9.90. The van der Waals surface area contributed by atoms with Crippen molar-refractivity contribution in [3.63, 3.8) is 0 Å². The van der Waals surface area contributed by atoms with E-state index < -0.39 is 0 Å². The number of pyridine rings is 1. The number of rotatable bonds is 4. The maximum atomic E-state index is 12.3. The van der Waals surface area contributed by atoms with Crippen molar-refractivity contribution in [3.05, 3.63) is 106 Å². The molecule has 0 bridgehead atoms. The first-order chi connectivity index (χ1) is 15.6. The molecule has 2 heterocycles. The number of benzene rings is 3. The van der Waals surface area contributed by atoms with Crippen molar-refractivity contribution in [2.75, 3.05) is 5.32 Å². The van der Waals surface area contributed by atoms with Gasteiger partial charge in [0, 0.05) is 21.7 Å². The Hall–Kier alpha value is -3.41. The van der Waals surface area contributed by atoms with Crippen molar-refractivity contribution in [1.29, 1.82) is 0 Å². The minimum atomic E-state index is -0.312. The van der Waals surface area contributed by atoms with Crippen LogP contribution in [0.2, 0.25) is 5.02 Å². The van der Waals surface area contributed by atoms with Gasteiger partial charge in [-0.3, -0.25) is 4.79 Å². The number of hydrogen-bond donors (Lipinski definition) is 1. The van der Waals surface area contributed by atoms with Crippen molar-refractivity contribution in [3.8, 4) is 22.4 Å². The molecule has 1 amide bonds. The van der Waals surface area contributed by atoms with Gasteiger partial charge in [-0.2, -0.15) is 0 Å². The number of carbonyl (C=O) groups excluding carboxylic acids is 1. The summed E-state index contributed by atoms with van der Waals surface area (Å²) in [5.74, 6) is -0.0742. The summed E-state index contributed by atoms with van der Waals surface area (Å²) in [7, 11) is 0. The van der Waals surface area contributed by atoms with E-state index >= 15 is 0 Å². The Kier molecular flexibility index (Phi) is 5.52. The van der Waals surface area contributed by atoms with Crippen LogP contribution >= 0.6 is 27.5 Å². The standard InChI is InChI=1S/C26H16BrClN2O2/c27-25-13-12-24(32-25)26(31)29-19-9-6-17(7-10-19)22-15-21(16-4-2-1-3-5-16)20-11-8-18(28)14-23(20)30-22/h1-15H,(H,29,31). The average Bonchev–Trinajstić information content (AvgIpc) is 3.25. The van der Waals surface area contributed by atoms with Crippen LogP contribution < -0.4 is 5.32 Å². The van der Waals surface area contributed by atoms with Crippen LogP contribution in [0.1, 0.15) is 10.6 Å². The zero-order valence-corrected chi connectivity index (χ0v) is 19.0. The summed E-state index contributed by atoms with van der Waals surface area (Å²) in [6.07, 6.45) is 0. The molecular formula is C26H16BrClN2O2. The van der Waals surface area contributed by atoms with Crippen LogP contribution in [0.25, 0.3) is 33.3 Å². The number of aromatic nitrogens is 1. The molecule has 0 aliphatic rings. The average molecular weight is 504 g/mol. The molecule has 0 saturated heterocycles. The van der Waals surface area contributed by atoms with Gasteiger partial charge in [0.05, 0.1) is 11.2 Å². The van der Waals surface area contributed by atoms with Gasteiger partial charge in [-0.05, 0) is 69.5 Å². The lowest BCUT2D eigenvalue weighted by atomic mass is 9.98. The number of nitrogens with zero attached hydrogens (tertiary/aromatic N) is 1.